The Balaban J connectivity index is 1.83. The van der Waals surface area contributed by atoms with Gasteiger partial charge in [-0.25, -0.2) is 13.2 Å². The number of nitro groups is 1. The van der Waals surface area contributed by atoms with Crippen LogP contribution in [-0.4, -0.2) is 19.4 Å². The van der Waals surface area contributed by atoms with Crippen molar-refractivity contribution >= 4 is 33.1 Å². The Bertz CT molecular complexity index is 1280. The molecule has 1 aliphatic rings. The number of nitro benzene ring substituents is 1. The van der Waals surface area contributed by atoms with Crippen LogP contribution in [0.15, 0.2) is 71.6 Å². The zero-order chi connectivity index (χ0) is 22.3. The van der Waals surface area contributed by atoms with Crippen LogP contribution < -0.4 is 9.21 Å². The summed E-state index contributed by atoms with van der Waals surface area (Å²) in [4.78, 5) is 25.3. The van der Waals surface area contributed by atoms with E-state index in [1.165, 1.54) is 23.1 Å². The van der Waals surface area contributed by atoms with Gasteiger partial charge in [0.25, 0.3) is 15.7 Å². The lowest BCUT2D eigenvalue weighted by Gasteiger charge is -2.36. The molecule has 0 N–H and O–H groups in total. The normalized spacial score (nSPS) is 15.0. The highest BCUT2D eigenvalue weighted by molar-refractivity contribution is 7.94. The summed E-state index contributed by atoms with van der Waals surface area (Å²) in [7, 11) is -4.11. The summed E-state index contributed by atoms with van der Waals surface area (Å²) in [6, 6.07) is 16.6. The van der Waals surface area contributed by atoms with Gasteiger partial charge in [0, 0.05) is 12.1 Å². The summed E-state index contributed by atoms with van der Waals surface area (Å²) in [5, 5.41) is 10.9. The second kappa shape index (κ2) is 7.51. The average Bonchev–Trinajstić information content (AvgIpc) is 2.71. The Morgan fingerprint density at radius 1 is 0.935 bits per heavy atom. The molecular formula is C22H19N3O5S. The van der Waals surface area contributed by atoms with Crippen molar-refractivity contribution in [2.24, 2.45) is 0 Å². The predicted molar refractivity (Wildman–Crippen MR) is 117 cm³/mol. The summed E-state index contributed by atoms with van der Waals surface area (Å²) in [6.45, 7) is 3.73. The van der Waals surface area contributed by atoms with E-state index in [1.807, 2.05) is 19.9 Å². The number of urea groups is 1. The van der Waals surface area contributed by atoms with Gasteiger partial charge in [0.05, 0.1) is 22.8 Å². The number of hydrogen-bond acceptors (Lipinski definition) is 5. The minimum absolute atomic E-state index is 0.0238. The first-order valence-electron chi connectivity index (χ1n) is 9.46. The van der Waals surface area contributed by atoms with E-state index in [0.29, 0.717) is 5.56 Å². The summed E-state index contributed by atoms with van der Waals surface area (Å²) in [5.41, 5.74) is 2.77. The van der Waals surface area contributed by atoms with E-state index in [9.17, 15) is 23.3 Å². The van der Waals surface area contributed by atoms with Crippen molar-refractivity contribution in [2.75, 3.05) is 9.21 Å². The van der Waals surface area contributed by atoms with E-state index in [0.717, 1.165) is 15.4 Å². The molecule has 3 aromatic carbocycles. The second-order valence-electron chi connectivity index (χ2n) is 7.38. The molecule has 4 rings (SSSR count). The van der Waals surface area contributed by atoms with E-state index in [4.69, 9.17) is 0 Å². The molecule has 0 saturated carbocycles. The number of rotatable bonds is 4. The van der Waals surface area contributed by atoms with Crippen LogP contribution in [-0.2, 0) is 16.6 Å². The van der Waals surface area contributed by atoms with Crippen molar-refractivity contribution in [3.63, 3.8) is 0 Å². The summed E-state index contributed by atoms with van der Waals surface area (Å²) >= 11 is 0. The van der Waals surface area contributed by atoms with Crippen LogP contribution in [0.3, 0.4) is 0 Å². The minimum atomic E-state index is -4.11. The molecule has 0 aromatic heterocycles. The number of non-ortho nitro benzene ring substituents is 1. The summed E-state index contributed by atoms with van der Waals surface area (Å²) in [6.07, 6.45) is 0. The standard InChI is InChI=1S/C22H19N3O5S/c1-15-11-16(2)13-19(12-15)24-22(26)23(14-17-7-9-18(10-8-17)25(27)28)20-5-3-4-6-21(20)31(24,29)30/h3-13H,14H2,1-2H3. The monoisotopic (exact) mass is 437 g/mol. The maximum absolute atomic E-state index is 13.5. The van der Waals surface area contributed by atoms with Gasteiger partial charge in [-0.1, -0.05) is 30.3 Å². The number of aryl methyl sites for hydroxylation is 2. The van der Waals surface area contributed by atoms with E-state index < -0.39 is 21.0 Å². The Labute approximate surface area is 179 Å². The second-order valence-corrected chi connectivity index (χ2v) is 9.13. The summed E-state index contributed by atoms with van der Waals surface area (Å²) < 4.78 is 27.5. The van der Waals surface area contributed by atoms with Crippen LogP contribution in [0.2, 0.25) is 0 Å². The van der Waals surface area contributed by atoms with E-state index >= 15 is 0 Å². The quantitative estimate of drug-likeness (QED) is 0.440. The van der Waals surface area contributed by atoms with Gasteiger partial charge in [0.15, 0.2) is 0 Å². The maximum Gasteiger partial charge on any atom is 0.343 e. The number of hydrogen-bond donors (Lipinski definition) is 0. The molecule has 0 atom stereocenters. The Kier molecular flexibility index (Phi) is 4.98. The third-order valence-electron chi connectivity index (χ3n) is 5.01. The van der Waals surface area contributed by atoms with Crippen LogP contribution in [0.1, 0.15) is 16.7 Å². The first kappa shape index (κ1) is 20.5. The van der Waals surface area contributed by atoms with Crippen molar-refractivity contribution in [1.29, 1.82) is 0 Å². The number of carbonyl (C=O) groups excluding carboxylic acids is 1. The smallest absolute Gasteiger partial charge is 0.287 e. The zero-order valence-electron chi connectivity index (χ0n) is 16.8. The number of para-hydroxylation sites is 1. The third kappa shape index (κ3) is 3.64. The zero-order valence-corrected chi connectivity index (χ0v) is 17.7. The number of carbonyl (C=O) groups is 1. The molecule has 0 saturated heterocycles. The van der Waals surface area contributed by atoms with Gasteiger partial charge in [-0.05, 0) is 54.8 Å². The number of anilines is 2. The first-order chi connectivity index (χ1) is 14.7. The van der Waals surface area contributed by atoms with E-state index in [-0.39, 0.29) is 28.5 Å². The number of amides is 2. The molecule has 1 aliphatic heterocycles. The first-order valence-corrected chi connectivity index (χ1v) is 10.9. The Morgan fingerprint density at radius 2 is 1.55 bits per heavy atom. The molecule has 0 bridgehead atoms. The highest BCUT2D eigenvalue weighted by atomic mass is 32.2. The fourth-order valence-corrected chi connectivity index (χ4v) is 5.26. The summed E-state index contributed by atoms with van der Waals surface area (Å²) in [5.74, 6) is 0. The topological polar surface area (TPSA) is 101 Å². The maximum atomic E-state index is 13.5. The molecule has 9 heteroatoms. The molecule has 0 aliphatic carbocycles. The molecule has 8 nitrogen and oxygen atoms in total. The molecule has 158 valence electrons. The van der Waals surface area contributed by atoms with Crippen molar-refractivity contribution < 1.29 is 18.1 Å². The molecular weight excluding hydrogens is 418 g/mol. The molecule has 0 unspecified atom stereocenters. The van der Waals surface area contributed by atoms with E-state index in [2.05, 4.69) is 0 Å². The number of fused-ring (bicyclic) bond motifs is 1. The largest absolute Gasteiger partial charge is 0.343 e. The molecule has 1 heterocycles. The Morgan fingerprint density at radius 3 is 2.16 bits per heavy atom. The van der Waals surface area contributed by atoms with Gasteiger partial charge in [-0.2, -0.15) is 4.31 Å². The van der Waals surface area contributed by atoms with Crippen molar-refractivity contribution in [3.05, 3.63) is 93.5 Å². The van der Waals surface area contributed by atoms with Crippen LogP contribution in [0.25, 0.3) is 0 Å². The van der Waals surface area contributed by atoms with Crippen LogP contribution in [0.5, 0.6) is 0 Å². The molecule has 0 spiro atoms. The van der Waals surface area contributed by atoms with Crippen LogP contribution in [0, 0.1) is 24.0 Å². The SMILES string of the molecule is Cc1cc(C)cc(N2C(=O)N(Cc3ccc([N+](=O)[O-])cc3)c3ccccc3S2(=O)=O)c1. The number of nitrogens with zero attached hydrogens (tertiary/aromatic N) is 3. The average molecular weight is 437 g/mol. The van der Waals surface area contributed by atoms with Gasteiger partial charge in [-0.15, -0.1) is 0 Å². The molecule has 0 radical (unpaired) electrons. The lowest BCUT2D eigenvalue weighted by atomic mass is 10.1. The van der Waals surface area contributed by atoms with Gasteiger partial charge in [0.2, 0.25) is 0 Å². The van der Waals surface area contributed by atoms with E-state index in [1.54, 1.807) is 42.5 Å². The number of benzene rings is 3. The minimum Gasteiger partial charge on any atom is -0.287 e. The van der Waals surface area contributed by atoms with Gasteiger partial charge in [0.1, 0.15) is 4.90 Å². The molecule has 3 aromatic rings. The predicted octanol–water partition coefficient (Wildman–Crippen LogP) is 4.55. The van der Waals surface area contributed by atoms with Crippen molar-refractivity contribution in [1.82, 2.24) is 0 Å². The lowest BCUT2D eigenvalue weighted by Crippen LogP contribution is -2.50. The van der Waals surface area contributed by atoms with Crippen LogP contribution >= 0.6 is 0 Å². The van der Waals surface area contributed by atoms with Crippen molar-refractivity contribution in [3.8, 4) is 0 Å². The molecule has 31 heavy (non-hydrogen) atoms. The highest BCUT2D eigenvalue weighted by Gasteiger charge is 2.42. The number of sulfonamides is 1. The van der Waals surface area contributed by atoms with Crippen molar-refractivity contribution in [2.45, 2.75) is 25.3 Å². The van der Waals surface area contributed by atoms with Gasteiger partial charge >= 0.3 is 6.03 Å². The third-order valence-corrected chi connectivity index (χ3v) is 6.76. The van der Waals surface area contributed by atoms with Gasteiger partial charge < -0.3 is 0 Å². The molecule has 0 fully saturated rings. The van der Waals surface area contributed by atoms with Gasteiger partial charge in [-0.3, -0.25) is 15.0 Å². The highest BCUT2D eigenvalue weighted by Crippen LogP contribution is 2.38. The Hall–Kier alpha value is -3.72. The van der Waals surface area contributed by atoms with Crippen LogP contribution in [0.4, 0.5) is 21.9 Å². The molecule has 2 amide bonds. The lowest BCUT2D eigenvalue weighted by molar-refractivity contribution is -0.384. The fraction of sp³-hybridized carbons (Fsp3) is 0.136. The fourth-order valence-electron chi connectivity index (χ4n) is 3.69.